The van der Waals surface area contributed by atoms with Gasteiger partial charge in [-0.2, -0.15) is 9.61 Å². The Hall–Kier alpha value is -1.88. The summed E-state index contributed by atoms with van der Waals surface area (Å²) in [4.78, 5) is 5.90. The van der Waals surface area contributed by atoms with Crippen molar-refractivity contribution in [1.29, 1.82) is 0 Å². The molecule has 1 aliphatic rings. The van der Waals surface area contributed by atoms with Gasteiger partial charge in [-0.25, -0.2) is 4.98 Å². The number of nitrogens with zero attached hydrogens (tertiary/aromatic N) is 3. The first-order valence-electron chi connectivity index (χ1n) is 7.55. The van der Waals surface area contributed by atoms with Crippen LogP contribution in [0.1, 0.15) is 32.1 Å². The lowest BCUT2D eigenvalue weighted by atomic mass is 9.95. The molecule has 5 heteroatoms. The van der Waals surface area contributed by atoms with E-state index in [1.165, 1.54) is 37.0 Å². The second-order valence-corrected chi connectivity index (χ2v) is 6.53. The number of nitrogens with one attached hydrogen (secondary N) is 1. The molecule has 0 aromatic carbocycles. The first kappa shape index (κ1) is 12.8. The zero-order valence-corrected chi connectivity index (χ0v) is 12.6. The number of hydrogen-bond donors (Lipinski definition) is 1. The molecule has 1 N–H and O–H groups in total. The molecule has 0 amide bonds. The van der Waals surface area contributed by atoms with Crippen LogP contribution in [0.2, 0.25) is 0 Å². The second kappa shape index (κ2) is 5.48. The number of rotatable bonds is 3. The topological polar surface area (TPSA) is 42.2 Å². The molecule has 0 aliphatic heterocycles. The van der Waals surface area contributed by atoms with Gasteiger partial charge in [0.1, 0.15) is 5.82 Å². The van der Waals surface area contributed by atoms with Crippen LogP contribution in [0.4, 0.5) is 5.82 Å². The van der Waals surface area contributed by atoms with E-state index in [1.807, 2.05) is 16.8 Å². The fraction of sp³-hybridized carbons (Fsp3) is 0.375. The van der Waals surface area contributed by atoms with Gasteiger partial charge in [0, 0.05) is 18.2 Å². The van der Waals surface area contributed by atoms with Crippen molar-refractivity contribution in [2.45, 2.75) is 38.1 Å². The predicted octanol–water partition coefficient (Wildman–Crippen LogP) is 4.20. The van der Waals surface area contributed by atoms with Crippen molar-refractivity contribution < 1.29 is 0 Å². The van der Waals surface area contributed by atoms with Crippen molar-refractivity contribution in [2.24, 2.45) is 0 Å². The number of fused-ring (bicyclic) bond motifs is 1. The first-order chi connectivity index (χ1) is 10.4. The minimum Gasteiger partial charge on any atom is -0.367 e. The van der Waals surface area contributed by atoms with Gasteiger partial charge in [-0.1, -0.05) is 25.3 Å². The minimum absolute atomic E-state index is 0.560. The molecule has 0 unspecified atom stereocenters. The average molecular weight is 298 g/mol. The molecule has 0 spiro atoms. The van der Waals surface area contributed by atoms with Crippen LogP contribution in [0.25, 0.3) is 16.2 Å². The van der Waals surface area contributed by atoms with Gasteiger partial charge in [0.25, 0.3) is 0 Å². The Morgan fingerprint density at radius 1 is 1.19 bits per heavy atom. The zero-order valence-electron chi connectivity index (χ0n) is 11.8. The molecule has 21 heavy (non-hydrogen) atoms. The highest BCUT2D eigenvalue weighted by Gasteiger charge is 2.16. The maximum Gasteiger partial charge on any atom is 0.158 e. The zero-order chi connectivity index (χ0) is 14.1. The van der Waals surface area contributed by atoms with Crippen LogP contribution in [0, 0.1) is 0 Å². The smallest absolute Gasteiger partial charge is 0.158 e. The van der Waals surface area contributed by atoms with Gasteiger partial charge in [0.05, 0.1) is 16.8 Å². The SMILES string of the molecule is c1csc(-c2cc(NC3CCCCC3)n3nccc3n2)c1. The molecule has 0 radical (unpaired) electrons. The highest BCUT2D eigenvalue weighted by Crippen LogP contribution is 2.28. The monoisotopic (exact) mass is 298 g/mol. The lowest BCUT2D eigenvalue weighted by Gasteiger charge is -2.24. The molecule has 0 saturated heterocycles. The van der Waals surface area contributed by atoms with Crippen molar-refractivity contribution in [3.05, 3.63) is 35.8 Å². The third-order valence-electron chi connectivity index (χ3n) is 4.09. The molecular formula is C16H18N4S. The summed E-state index contributed by atoms with van der Waals surface area (Å²) in [5, 5.41) is 10.2. The second-order valence-electron chi connectivity index (χ2n) is 5.58. The average Bonchev–Trinajstić information content (AvgIpc) is 3.19. The van der Waals surface area contributed by atoms with E-state index in [9.17, 15) is 0 Å². The molecule has 3 heterocycles. The van der Waals surface area contributed by atoms with Crippen LogP contribution in [0.5, 0.6) is 0 Å². The summed E-state index contributed by atoms with van der Waals surface area (Å²) in [6.07, 6.45) is 8.32. The van der Waals surface area contributed by atoms with Gasteiger partial charge in [0.2, 0.25) is 0 Å². The van der Waals surface area contributed by atoms with Gasteiger partial charge >= 0.3 is 0 Å². The lowest BCUT2D eigenvalue weighted by molar-refractivity contribution is 0.461. The van der Waals surface area contributed by atoms with Crippen molar-refractivity contribution in [1.82, 2.24) is 14.6 Å². The summed E-state index contributed by atoms with van der Waals surface area (Å²) < 4.78 is 1.91. The summed E-state index contributed by atoms with van der Waals surface area (Å²) in [5.41, 5.74) is 1.93. The normalized spacial score (nSPS) is 16.4. The van der Waals surface area contributed by atoms with E-state index >= 15 is 0 Å². The highest BCUT2D eigenvalue weighted by molar-refractivity contribution is 7.13. The van der Waals surface area contributed by atoms with Crippen molar-refractivity contribution in [3.63, 3.8) is 0 Å². The summed E-state index contributed by atoms with van der Waals surface area (Å²) in [5.74, 6) is 1.06. The molecule has 0 bridgehead atoms. The van der Waals surface area contributed by atoms with Gasteiger partial charge in [-0.15, -0.1) is 11.3 Å². The Labute approximate surface area is 127 Å². The van der Waals surface area contributed by atoms with Crippen LogP contribution in [0.15, 0.2) is 35.8 Å². The summed E-state index contributed by atoms with van der Waals surface area (Å²) in [7, 11) is 0. The maximum atomic E-state index is 4.70. The van der Waals surface area contributed by atoms with E-state index in [0.29, 0.717) is 6.04 Å². The lowest BCUT2D eigenvalue weighted by Crippen LogP contribution is -2.23. The number of anilines is 1. The summed E-state index contributed by atoms with van der Waals surface area (Å²) >= 11 is 1.72. The largest absolute Gasteiger partial charge is 0.367 e. The number of thiophene rings is 1. The molecule has 4 rings (SSSR count). The van der Waals surface area contributed by atoms with Gasteiger partial charge in [-0.3, -0.25) is 0 Å². The van der Waals surface area contributed by atoms with Crippen molar-refractivity contribution >= 4 is 22.8 Å². The number of hydrogen-bond acceptors (Lipinski definition) is 4. The van der Waals surface area contributed by atoms with Crippen molar-refractivity contribution in [2.75, 3.05) is 5.32 Å². The molecule has 3 aromatic rings. The summed E-state index contributed by atoms with van der Waals surface area (Å²) in [6.45, 7) is 0. The Balaban J connectivity index is 1.73. The molecule has 108 valence electrons. The molecule has 1 aliphatic carbocycles. The molecule has 1 fully saturated rings. The molecule has 0 atom stereocenters. The Bertz CT molecular complexity index is 726. The van der Waals surface area contributed by atoms with Gasteiger partial charge < -0.3 is 5.32 Å². The molecule has 1 saturated carbocycles. The molecule has 3 aromatic heterocycles. The van der Waals surface area contributed by atoms with Crippen LogP contribution < -0.4 is 5.32 Å². The standard InChI is InChI=1S/C16H18N4S/c1-2-5-12(6-3-1)18-16-11-13(14-7-4-10-21-14)19-15-8-9-17-20(15)16/h4,7-12,18H,1-3,5-6H2. The quantitative estimate of drug-likeness (QED) is 0.788. The fourth-order valence-electron chi connectivity index (χ4n) is 3.02. The highest BCUT2D eigenvalue weighted by atomic mass is 32.1. The van der Waals surface area contributed by atoms with Crippen molar-refractivity contribution in [3.8, 4) is 10.6 Å². The Morgan fingerprint density at radius 2 is 2.10 bits per heavy atom. The van der Waals surface area contributed by atoms with E-state index in [2.05, 4.69) is 34.0 Å². The fourth-order valence-corrected chi connectivity index (χ4v) is 3.71. The number of aromatic nitrogens is 3. The minimum atomic E-state index is 0.560. The van der Waals surface area contributed by atoms with Crippen LogP contribution in [-0.2, 0) is 0 Å². The molecular weight excluding hydrogens is 280 g/mol. The Kier molecular flexibility index (Phi) is 3.35. The van der Waals surface area contributed by atoms with Crippen LogP contribution in [-0.4, -0.2) is 20.6 Å². The van der Waals surface area contributed by atoms with Gasteiger partial charge in [0.15, 0.2) is 5.65 Å². The third-order valence-corrected chi connectivity index (χ3v) is 4.98. The van der Waals surface area contributed by atoms with E-state index in [4.69, 9.17) is 4.98 Å². The first-order valence-corrected chi connectivity index (χ1v) is 8.43. The maximum absolute atomic E-state index is 4.70. The van der Waals surface area contributed by atoms with E-state index in [0.717, 1.165) is 17.2 Å². The Morgan fingerprint density at radius 3 is 2.90 bits per heavy atom. The molecule has 4 nitrogen and oxygen atoms in total. The summed E-state index contributed by atoms with van der Waals surface area (Å²) in [6, 6.07) is 8.83. The third kappa shape index (κ3) is 2.53. The van der Waals surface area contributed by atoms with Crippen LogP contribution in [0.3, 0.4) is 0 Å². The van der Waals surface area contributed by atoms with E-state index in [-0.39, 0.29) is 0 Å². The van der Waals surface area contributed by atoms with Crippen LogP contribution >= 0.6 is 11.3 Å². The van der Waals surface area contributed by atoms with E-state index in [1.54, 1.807) is 11.3 Å². The van der Waals surface area contributed by atoms with Gasteiger partial charge in [-0.05, 0) is 24.3 Å². The van der Waals surface area contributed by atoms with E-state index < -0.39 is 0 Å². The predicted molar refractivity (Wildman–Crippen MR) is 86.8 cm³/mol.